The molecule has 2 heterocycles. The Morgan fingerprint density at radius 3 is 2.67 bits per heavy atom. The lowest BCUT2D eigenvalue weighted by atomic mass is 9.99. The maximum Gasteiger partial charge on any atom is 0.256 e. The fraction of sp³-hybridized carbons (Fsp3) is 0.344. The van der Waals surface area contributed by atoms with Crippen LogP contribution in [0.15, 0.2) is 66.6 Å². The van der Waals surface area contributed by atoms with Crippen LogP contribution in [0.1, 0.15) is 76.8 Å². The van der Waals surface area contributed by atoms with Crippen LogP contribution in [0.4, 0.5) is 5.69 Å². The van der Waals surface area contributed by atoms with Crippen LogP contribution >= 0.6 is 11.8 Å². The number of ether oxygens (including phenoxy) is 2. The molecule has 1 aliphatic heterocycles. The van der Waals surface area contributed by atoms with Crippen LogP contribution < -0.4 is 5.32 Å². The third kappa shape index (κ3) is 7.37. The van der Waals surface area contributed by atoms with Crippen LogP contribution in [0, 0.1) is 13.8 Å². The molecule has 4 rings (SSSR count). The predicted molar refractivity (Wildman–Crippen MR) is 159 cm³/mol. The number of carbonyl (C=O) groups is 2. The molecule has 0 radical (unpaired) electrons. The number of Topliss-reactive ketones (excluding diaryl/α,β-unsaturated/α-hetero) is 1. The van der Waals surface area contributed by atoms with Gasteiger partial charge in [0.15, 0.2) is 5.78 Å². The van der Waals surface area contributed by atoms with E-state index in [1.165, 1.54) is 0 Å². The van der Waals surface area contributed by atoms with Crippen molar-refractivity contribution in [2.45, 2.75) is 53.1 Å². The van der Waals surface area contributed by atoms with Gasteiger partial charge in [0, 0.05) is 35.4 Å². The van der Waals surface area contributed by atoms with E-state index in [2.05, 4.69) is 18.0 Å². The third-order valence-electron chi connectivity index (χ3n) is 6.71. The fourth-order valence-electron chi connectivity index (χ4n) is 4.57. The smallest absolute Gasteiger partial charge is 0.256 e. The molecule has 1 N–H and O–H groups in total. The van der Waals surface area contributed by atoms with Gasteiger partial charge in [-0.1, -0.05) is 18.2 Å². The van der Waals surface area contributed by atoms with Crippen LogP contribution in [0.3, 0.4) is 0 Å². The first-order valence-corrected chi connectivity index (χ1v) is 14.4. The summed E-state index contributed by atoms with van der Waals surface area (Å²) in [5.74, 6) is 2.47. The van der Waals surface area contributed by atoms with E-state index in [1.54, 1.807) is 36.0 Å². The van der Waals surface area contributed by atoms with E-state index in [4.69, 9.17) is 14.5 Å². The Morgan fingerprint density at radius 2 is 1.97 bits per heavy atom. The Hall–Kier alpha value is -3.42. The highest BCUT2D eigenvalue weighted by molar-refractivity contribution is 7.99. The number of pyridine rings is 1. The summed E-state index contributed by atoms with van der Waals surface area (Å²) in [6.07, 6.45) is 4.37. The number of rotatable bonds is 11. The molecule has 39 heavy (non-hydrogen) atoms. The summed E-state index contributed by atoms with van der Waals surface area (Å²) in [6.45, 7) is 12.5. The second-order valence-corrected chi connectivity index (χ2v) is 11.0. The summed E-state index contributed by atoms with van der Waals surface area (Å²) in [5.41, 5.74) is 5.54. The van der Waals surface area contributed by atoms with Crippen molar-refractivity contribution in [3.8, 4) is 0 Å². The Bertz CT molecular complexity index is 1410. The highest BCUT2D eigenvalue weighted by Crippen LogP contribution is 2.32. The first-order chi connectivity index (χ1) is 18.7. The van der Waals surface area contributed by atoms with E-state index >= 15 is 0 Å². The van der Waals surface area contributed by atoms with Gasteiger partial charge < -0.3 is 14.8 Å². The number of hydrogen-bond acceptors (Lipinski definition) is 6. The van der Waals surface area contributed by atoms with Crippen molar-refractivity contribution in [2.24, 2.45) is 0 Å². The van der Waals surface area contributed by atoms with Crippen LogP contribution in [-0.4, -0.2) is 34.8 Å². The minimum atomic E-state index is -0.211. The summed E-state index contributed by atoms with van der Waals surface area (Å²) in [4.78, 5) is 31.0. The number of allylic oxidation sites excluding steroid dienone is 3. The largest absolute Gasteiger partial charge is 0.467 e. The molecule has 2 aromatic carbocycles. The Kier molecular flexibility index (Phi) is 9.59. The van der Waals surface area contributed by atoms with E-state index in [0.717, 1.165) is 52.1 Å². The molecular weight excluding hydrogens is 508 g/mol. The maximum atomic E-state index is 13.5. The number of carbonyl (C=O) groups excluding carboxylic acids is 2. The first kappa shape index (κ1) is 28.6. The van der Waals surface area contributed by atoms with Crippen LogP contribution in [0.25, 0.3) is 10.9 Å². The minimum Gasteiger partial charge on any atom is -0.467 e. The van der Waals surface area contributed by atoms with E-state index < -0.39 is 0 Å². The maximum absolute atomic E-state index is 13.5. The number of anilines is 1. The van der Waals surface area contributed by atoms with Gasteiger partial charge in [0.2, 0.25) is 0 Å². The molecule has 7 heteroatoms. The fourth-order valence-corrected chi connectivity index (χ4v) is 5.44. The van der Waals surface area contributed by atoms with Gasteiger partial charge >= 0.3 is 0 Å². The van der Waals surface area contributed by atoms with Crippen molar-refractivity contribution in [3.63, 3.8) is 0 Å². The number of nitrogens with zero attached hydrogens (tertiary/aromatic N) is 1. The monoisotopic (exact) mass is 544 g/mol. The molecule has 1 aliphatic rings. The summed E-state index contributed by atoms with van der Waals surface area (Å²) in [6, 6.07) is 13.0. The van der Waals surface area contributed by atoms with Gasteiger partial charge in [-0.05, 0) is 88.6 Å². The van der Waals surface area contributed by atoms with Gasteiger partial charge in [-0.3, -0.25) is 9.59 Å². The number of nitrogens with one attached hydrogen (secondary N) is 1. The number of benzene rings is 2. The lowest BCUT2D eigenvalue weighted by Crippen LogP contribution is -2.15. The summed E-state index contributed by atoms with van der Waals surface area (Å²) >= 11 is 1.55. The summed E-state index contributed by atoms with van der Waals surface area (Å²) in [5, 5.41) is 3.83. The number of hydrogen-bond donors (Lipinski definition) is 1. The Labute approximate surface area is 234 Å². The third-order valence-corrected chi connectivity index (χ3v) is 7.67. The zero-order chi connectivity index (χ0) is 27.9. The second-order valence-electron chi connectivity index (χ2n) is 9.87. The van der Waals surface area contributed by atoms with Crippen molar-refractivity contribution in [2.75, 3.05) is 23.4 Å². The number of ketones is 1. The minimum absolute atomic E-state index is 0.0429. The highest BCUT2D eigenvalue weighted by Gasteiger charge is 2.23. The zero-order valence-electron chi connectivity index (χ0n) is 23.1. The van der Waals surface area contributed by atoms with Gasteiger partial charge in [-0.15, -0.1) is 0 Å². The van der Waals surface area contributed by atoms with Crippen molar-refractivity contribution >= 4 is 40.0 Å². The molecule has 1 amide bonds. The molecule has 0 aliphatic carbocycles. The average Bonchev–Trinajstić information content (AvgIpc) is 3.46. The van der Waals surface area contributed by atoms with Crippen molar-refractivity contribution in [1.82, 2.24) is 4.98 Å². The molecule has 6 nitrogen and oxygen atoms in total. The lowest BCUT2D eigenvalue weighted by Gasteiger charge is -2.15. The molecular formula is C32H36N2O4S. The first-order valence-electron chi connectivity index (χ1n) is 13.3. The molecule has 1 saturated heterocycles. The number of aromatic nitrogens is 1. The Balaban J connectivity index is 1.42. The molecule has 0 spiro atoms. The van der Waals surface area contributed by atoms with Crippen molar-refractivity contribution in [3.05, 3.63) is 94.6 Å². The van der Waals surface area contributed by atoms with Crippen LogP contribution in [0.5, 0.6) is 0 Å². The van der Waals surface area contributed by atoms with E-state index in [9.17, 15) is 9.59 Å². The van der Waals surface area contributed by atoms with E-state index in [-0.39, 0.29) is 17.8 Å². The highest BCUT2D eigenvalue weighted by atomic mass is 32.2. The molecule has 3 aromatic rings. The average molecular weight is 545 g/mol. The van der Waals surface area contributed by atoms with Gasteiger partial charge in [0.1, 0.15) is 0 Å². The quantitative estimate of drug-likeness (QED) is 0.151. The predicted octanol–water partition coefficient (Wildman–Crippen LogP) is 7.72. The molecule has 1 fully saturated rings. The normalized spacial score (nSPS) is 15.4. The molecule has 1 unspecified atom stereocenters. The van der Waals surface area contributed by atoms with Crippen molar-refractivity contribution in [1.29, 1.82) is 0 Å². The number of thioether (sulfide) groups is 1. The number of aryl methyl sites for hydroxylation is 2. The van der Waals surface area contributed by atoms with Gasteiger partial charge in [0.25, 0.3) is 5.91 Å². The van der Waals surface area contributed by atoms with E-state index in [0.29, 0.717) is 41.4 Å². The van der Waals surface area contributed by atoms with Gasteiger partial charge in [-0.25, -0.2) is 4.98 Å². The van der Waals surface area contributed by atoms with Crippen molar-refractivity contribution < 1.29 is 19.1 Å². The molecule has 0 saturated carbocycles. The van der Waals surface area contributed by atoms with E-state index in [1.807, 2.05) is 45.9 Å². The summed E-state index contributed by atoms with van der Waals surface area (Å²) < 4.78 is 11.4. The summed E-state index contributed by atoms with van der Waals surface area (Å²) in [7, 11) is 0. The molecule has 204 valence electrons. The second kappa shape index (κ2) is 13.1. The molecule has 1 atom stereocenters. The SMILES string of the molecule is C=C(CCSCC(=O)c1ccc(NC(=O)c2cc(C3CCCO3)nc3c(C)cc(C)cc23)cc1)O/C(C)=C\C. The van der Waals surface area contributed by atoms with Gasteiger partial charge in [-0.2, -0.15) is 11.8 Å². The van der Waals surface area contributed by atoms with Crippen LogP contribution in [-0.2, 0) is 9.47 Å². The standard InChI is InChI=1S/C32H36N2O4S/c1-6-22(4)38-23(5)13-15-39-19-29(35)24-9-11-25(12-10-24)33-32(36)27-18-28(30-8-7-14-37-30)34-31-21(3)16-20(2)17-26(27)31/h6,9-12,16-18,30H,5,7-8,13-15,19H2,1-4H3,(H,33,36)/b22-6-. The lowest BCUT2D eigenvalue weighted by molar-refractivity contribution is 0.101. The van der Waals surface area contributed by atoms with Crippen LogP contribution in [0.2, 0.25) is 0 Å². The topological polar surface area (TPSA) is 77.5 Å². The molecule has 1 aromatic heterocycles. The zero-order valence-corrected chi connectivity index (χ0v) is 24.0. The van der Waals surface area contributed by atoms with Gasteiger partial charge in [0.05, 0.1) is 40.1 Å². The molecule has 0 bridgehead atoms. The number of fused-ring (bicyclic) bond motifs is 1. The Morgan fingerprint density at radius 1 is 1.21 bits per heavy atom. The number of amides is 1.